The van der Waals surface area contributed by atoms with E-state index < -0.39 is 5.97 Å². The monoisotopic (exact) mass is 321 g/mol. The summed E-state index contributed by atoms with van der Waals surface area (Å²) in [5, 5.41) is 13.6. The third kappa shape index (κ3) is 3.70. The van der Waals surface area contributed by atoms with E-state index in [9.17, 15) is 9.59 Å². The molecule has 2 N–H and O–H groups in total. The summed E-state index contributed by atoms with van der Waals surface area (Å²) < 4.78 is 5.50. The zero-order valence-electron chi connectivity index (χ0n) is 12.7. The van der Waals surface area contributed by atoms with Crippen molar-refractivity contribution in [3.63, 3.8) is 0 Å². The van der Waals surface area contributed by atoms with Crippen LogP contribution in [0.2, 0.25) is 0 Å². The fraction of sp³-hybridized carbons (Fsp3) is 0.0526. The lowest BCUT2D eigenvalue weighted by Crippen LogP contribution is -2.20. The van der Waals surface area contributed by atoms with E-state index in [1.165, 1.54) is 24.3 Å². The average molecular weight is 321 g/mol. The molecule has 0 bridgehead atoms. The Labute approximate surface area is 138 Å². The number of anilines is 1. The van der Waals surface area contributed by atoms with Crippen molar-refractivity contribution in [2.45, 2.75) is 0 Å². The lowest BCUT2D eigenvalue weighted by atomic mass is 10.1. The van der Waals surface area contributed by atoms with Gasteiger partial charge in [-0.1, -0.05) is 30.3 Å². The van der Waals surface area contributed by atoms with E-state index in [-0.39, 0.29) is 18.1 Å². The number of hydrogen-bond donors (Lipinski definition) is 2. The topological polar surface area (TPSA) is 75.6 Å². The van der Waals surface area contributed by atoms with Gasteiger partial charge in [-0.3, -0.25) is 4.79 Å². The molecular formula is C19H15NO4. The van der Waals surface area contributed by atoms with Crippen molar-refractivity contribution in [3.8, 4) is 5.75 Å². The number of carbonyl (C=O) groups is 2. The fourth-order valence-electron chi connectivity index (χ4n) is 2.30. The molecule has 0 aliphatic carbocycles. The summed E-state index contributed by atoms with van der Waals surface area (Å²) in [6.45, 7) is -0.126. The first-order chi connectivity index (χ1) is 11.6. The molecule has 3 aromatic carbocycles. The number of rotatable bonds is 5. The number of carbonyl (C=O) groups excluding carboxylic acids is 1. The number of ether oxygens (including phenoxy) is 1. The smallest absolute Gasteiger partial charge is 0.335 e. The summed E-state index contributed by atoms with van der Waals surface area (Å²) in [6.07, 6.45) is 0. The molecular weight excluding hydrogens is 306 g/mol. The van der Waals surface area contributed by atoms with Gasteiger partial charge >= 0.3 is 5.97 Å². The zero-order chi connectivity index (χ0) is 16.9. The molecule has 0 spiro atoms. The Morgan fingerprint density at radius 3 is 2.33 bits per heavy atom. The fourth-order valence-corrected chi connectivity index (χ4v) is 2.30. The maximum Gasteiger partial charge on any atom is 0.335 e. The van der Waals surface area contributed by atoms with E-state index in [4.69, 9.17) is 9.84 Å². The zero-order valence-corrected chi connectivity index (χ0v) is 12.7. The van der Waals surface area contributed by atoms with Crippen molar-refractivity contribution in [3.05, 3.63) is 72.3 Å². The van der Waals surface area contributed by atoms with Gasteiger partial charge in [-0.25, -0.2) is 4.79 Å². The van der Waals surface area contributed by atoms with Gasteiger partial charge < -0.3 is 15.2 Å². The minimum atomic E-state index is -1.01. The highest BCUT2D eigenvalue weighted by atomic mass is 16.5. The molecule has 24 heavy (non-hydrogen) atoms. The van der Waals surface area contributed by atoms with Gasteiger partial charge in [0.05, 0.1) is 5.56 Å². The summed E-state index contributed by atoms with van der Waals surface area (Å²) in [4.78, 5) is 22.7. The van der Waals surface area contributed by atoms with Crippen molar-refractivity contribution >= 4 is 28.3 Å². The first kappa shape index (κ1) is 15.6. The van der Waals surface area contributed by atoms with Gasteiger partial charge in [0, 0.05) is 5.69 Å². The average Bonchev–Trinajstić information content (AvgIpc) is 2.60. The number of hydrogen-bond acceptors (Lipinski definition) is 3. The molecule has 0 saturated heterocycles. The first-order valence-electron chi connectivity index (χ1n) is 7.36. The van der Waals surface area contributed by atoms with E-state index >= 15 is 0 Å². The van der Waals surface area contributed by atoms with E-state index in [0.717, 1.165) is 10.8 Å². The van der Waals surface area contributed by atoms with Crippen molar-refractivity contribution < 1.29 is 19.4 Å². The number of carboxylic acid groups (broad SMARTS) is 1. The summed E-state index contributed by atoms with van der Waals surface area (Å²) >= 11 is 0. The minimum Gasteiger partial charge on any atom is -0.484 e. The van der Waals surface area contributed by atoms with Crippen LogP contribution >= 0.6 is 0 Å². The molecule has 120 valence electrons. The Kier molecular flexibility index (Phi) is 4.43. The highest BCUT2D eigenvalue weighted by Gasteiger charge is 2.06. The molecule has 0 fully saturated rings. The number of benzene rings is 3. The van der Waals surface area contributed by atoms with Gasteiger partial charge in [-0.2, -0.15) is 0 Å². The largest absolute Gasteiger partial charge is 0.484 e. The van der Waals surface area contributed by atoms with E-state index in [1.54, 1.807) is 0 Å². The van der Waals surface area contributed by atoms with Crippen LogP contribution in [0.5, 0.6) is 5.75 Å². The van der Waals surface area contributed by atoms with Crippen LogP contribution in [-0.2, 0) is 4.79 Å². The predicted octanol–water partition coefficient (Wildman–Crippen LogP) is 3.56. The van der Waals surface area contributed by atoms with Crippen LogP contribution in [0.25, 0.3) is 10.8 Å². The van der Waals surface area contributed by atoms with Crippen LogP contribution in [0.15, 0.2) is 66.7 Å². The van der Waals surface area contributed by atoms with Crippen molar-refractivity contribution in [1.29, 1.82) is 0 Å². The first-order valence-corrected chi connectivity index (χ1v) is 7.36. The Hall–Kier alpha value is -3.34. The summed E-state index contributed by atoms with van der Waals surface area (Å²) in [5.41, 5.74) is 0.688. The summed E-state index contributed by atoms with van der Waals surface area (Å²) in [5.74, 6) is -0.705. The minimum absolute atomic E-state index is 0.126. The second-order valence-corrected chi connectivity index (χ2v) is 5.23. The molecule has 0 heterocycles. The Bertz CT molecular complexity index is 887. The Morgan fingerprint density at radius 2 is 1.62 bits per heavy atom. The predicted molar refractivity (Wildman–Crippen MR) is 91.5 cm³/mol. The molecule has 0 radical (unpaired) electrons. The molecule has 0 aliphatic heterocycles. The molecule has 5 heteroatoms. The van der Waals surface area contributed by atoms with Crippen LogP contribution < -0.4 is 10.1 Å². The molecule has 0 aromatic heterocycles. The maximum absolute atomic E-state index is 11.9. The van der Waals surface area contributed by atoms with Crippen molar-refractivity contribution in [1.82, 2.24) is 0 Å². The molecule has 0 atom stereocenters. The molecule has 0 unspecified atom stereocenters. The van der Waals surface area contributed by atoms with Crippen molar-refractivity contribution in [2.24, 2.45) is 0 Å². The SMILES string of the molecule is O=C(COc1ccc2ccccc2c1)Nc1ccc(C(=O)O)cc1. The molecule has 0 saturated carbocycles. The van der Waals surface area contributed by atoms with Gasteiger partial charge in [0.1, 0.15) is 5.75 Å². The third-order valence-corrected chi connectivity index (χ3v) is 3.51. The van der Waals surface area contributed by atoms with E-state index in [1.807, 2.05) is 42.5 Å². The number of carboxylic acids is 1. The van der Waals surface area contributed by atoms with Crippen LogP contribution in [0.3, 0.4) is 0 Å². The lowest BCUT2D eigenvalue weighted by molar-refractivity contribution is -0.118. The van der Waals surface area contributed by atoms with Crippen LogP contribution in [0.4, 0.5) is 5.69 Å². The molecule has 5 nitrogen and oxygen atoms in total. The second-order valence-electron chi connectivity index (χ2n) is 5.23. The maximum atomic E-state index is 11.9. The molecule has 3 aromatic rings. The standard InChI is InChI=1S/C19H15NO4/c21-18(20-16-8-5-14(6-9-16)19(22)23)12-24-17-10-7-13-3-1-2-4-15(13)11-17/h1-11H,12H2,(H,20,21)(H,22,23). The quantitative estimate of drug-likeness (QED) is 0.753. The summed E-state index contributed by atoms with van der Waals surface area (Å²) in [7, 11) is 0. The number of nitrogens with one attached hydrogen (secondary N) is 1. The molecule has 1 amide bonds. The van der Waals surface area contributed by atoms with Crippen LogP contribution in [-0.4, -0.2) is 23.6 Å². The van der Waals surface area contributed by atoms with E-state index in [2.05, 4.69) is 5.32 Å². The third-order valence-electron chi connectivity index (χ3n) is 3.51. The highest BCUT2D eigenvalue weighted by Crippen LogP contribution is 2.20. The molecule has 3 rings (SSSR count). The molecule has 0 aliphatic rings. The van der Waals surface area contributed by atoms with Gasteiger partial charge in [0.25, 0.3) is 5.91 Å². The normalized spacial score (nSPS) is 10.3. The summed E-state index contributed by atoms with van der Waals surface area (Å²) in [6, 6.07) is 19.5. The van der Waals surface area contributed by atoms with Crippen LogP contribution in [0.1, 0.15) is 10.4 Å². The van der Waals surface area contributed by atoms with E-state index in [0.29, 0.717) is 11.4 Å². The lowest BCUT2D eigenvalue weighted by Gasteiger charge is -2.08. The van der Waals surface area contributed by atoms with Crippen LogP contribution in [0, 0.1) is 0 Å². The second kappa shape index (κ2) is 6.83. The Morgan fingerprint density at radius 1 is 0.917 bits per heavy atom. The van der Waals surface area contributed by atoms with Gasteiger partial charge in [-0.05, 0) is 47.2 Å². The number of fused-ring (bicyclic) bond motifs is 1. The van der Waals surface area contributed by atoms with Gasteiger partial charge in [0.15, 0.2) is 6.61 Å². The highest BCUT2D eigenvalue weighted by molar-refractivity contribution is 5.93. The Balaban J connectivity index is 1.59. The number of amides is 1. The van der Waals surface area contributed by atoms with Crippen molar-refractivity contribution in [2.75, 3.05) is 11.9 Å². The van der Waals surface area contributed by atoms with Gasteiger partial charge in [0.2, 0.25) is 0 Å². The number of aromatic carboxylic acids is 1. The van der Waals surface area contributed by atoms with Gasteiger partial charge in [-0.15, -0.1) is 0 Å².